The minimum atomic E-state index is 0. The van der Waals surface area contributed by atoms with Gasteiger partial charge in [-0.05, 0) is 19.1 Å². The zero-order valence-electron chi connectivity index (χ0n) is 12.7. The fraction of sp³-hybridized carbons (Fsp3) is 0.118. The van der Waals surface area contributed by atoms with Crippen LogP contribution in [0.1, 0.15) is 17.1 Å². The van der Waals surface area contributed by atoms with E-state index in [-0.39, 0.29) is 24.8 Å². The van der Waals surface area contributed by atoms with Gasteiger partial charge in [-0.2, -0.15) is 0 Å². The summed E-state index contributed by atoms with van der Waals surface area (Å²) >= 11 is 0. The molecule has 0 fully saturated rings. The average molecular weight is 351 g/mol. The fourth-order valence-electron chi connectivity index (χ4n) is 2.25. The molecule has 0 unspecified atom stereocenters. The van der Waals surface area contributed by atoms with E-state index in [0.717, 1.165) is 28.5 Å². The molecule has 1 aliphatic heterocycles. The van der Waals surface area contributed by atoms with Crippen molar-refractivity contribution in [2.24, 2.45) is 5.73 Å². The first-order valence-corrected chi connectivity index (χ1v) is 6.94. The van der Waals surface area contributed by atoms with Gasteiger partial charge in [0.25, 0.3) is 0 Å². The molecule has 122 valence electrons. The Bertz CT molecular complexity index is 728. The zero-order valence-corrected chi connectivity index (χ0v) is 14.4. The molecule has 4 N–H and O–H groups in total. The molecule has 0 aliphatic carbocycles. The first kappa shape index (κ1) is 19.0. The Hall–Kier alpha value is -2.01. The van der Waals surface area contributed by atoms with Crippen molar-refractivity contribution in [1.29, 1.82) is 0 Å². The molecular formula is C17H20Cl2N4. The van der Waals surface area contributed by atoms with Crippen molar-refractivity contribution in [2.45, 2.75) is 13.5 Å². The third-order valence-corrected chi connectivity index (χ3v) is 3.36. The molecule has 1 aromatic heterocycles. The number of nitrogens with zero attached hydrogens (tertiary/aromatic N) is 1. The minimum Gasteiger partial charge on any atom is -0.360 e. The first-order valence-electron chi connectivity index (χ1n) is 6.94. The first-order chi connectivity index (χ1) is 10.3. The summed E-state index contributed by atoms with van der Waals surface area (Å²) in [5.74, 6) is 0.778. The molecule has 6 heteroatoms. The van der Waals surface area contributed by atoms with Gasteiger partial charge in [0, 0.05) is 11.8 Å². The lowest BCUT2D eigenvalue weighted by Gasteiger charge is -2.07. The zero-order chi connectivity index (χ0) is 14.7. The van der Waals surface area contributed by atoms with Gasteiger partial charge in [-0.3, -0.25) is 0 Å². The fourth-order valence-corrected chi connectivity index (χ4v) is 2.25. The molecule has 0 saturated heterocycles. The van der Waals surface area contributed by atoms with Gasteiger partial charge in [0.1, 0.15) is 11.5 Å². The van der Waals surface area contributed by atoms with E-state index in [4.69, 9.17) is 5.73 Å². The molecule has 1 aromatic carbocycles. The molecular weight excluding hydrogens is 331 g/mol. The van der Waals surface area contributed by atoms with Gasteiger partial charge in [0.05, 0.1) is 17.9 Å². The lowest BCUT2D eigenvalue weighted by atomic mass is 10.1. The van der Waals surface area contributed by atoms with E-state index in [2.05, 4.69) is 46.5 Å². The Labute approximate surface area is 148 Å². The number of halogens is 2. The Morgan fingerprint density at radius 3 is 2.48 bits per heavy atom. The van der Waals surface area contributed by atoms with E-state index in [1.54, 1.807) is 0 Å². The summed E-state index contributed by atoms with van der Waals surface area (Å²) in [6.45, 7) is 2.46. The van der Waals surface area contributed by atoms with E-state index in [0.29, 0.717) is 6.54 Å². The van der Waals surface area contributed by atoms with Gasteiger partial charge in [-0.15, -0.1) is 24.8 Å². The average Bonchev–Trinajstić information content (AvgIpc) is 2.75. The number of aryl methyl sites for hydroxylation is 1. The van der Waals surface area contributed by atoms with Crippen LogP contribution in [-0.4, -0.2) is 9.97 Å². The number of hydrogen-bond acceptors (Lipinski definition) is 3. The van der Waals surface area contributed by atoms with Gasteiger partial charge >= 0.3 is 0 Å². The SMILES string of the molecule is Cc1ccc(-c2[nH]c(CN)nc2C2=CC=CC=CN2)cc1.Cl.Cl. The van der Waals surface area contributed by atoms with Crippen molar-refractivity contribution in [3.8, 4) is 11.3 Å². The van der Waals surface area contributed by atoms with Crippen molar-refractivity contribution in [3.05, 3.63) is 71.9 Å². The third-order valence-electron chi connectivity index (χ3n) is 3.36. The maximum absolute atomic E-state index is 5.73. The van der Waals surface area contributed by atoms with Crippen molar-refractivity contribution < 1.29 is 0 Å². The minimum absolute atomic E-state index is 0. The lowest BCUT2D eigenvalue weighted by molar-refractivity contribution is 0.946. The van der Waals surface area contributed by atoms with Gasteiger partial charge in [-0.1, -0.05) is 42.0 Å². The van der Waals surface area contributed by atoms with Crippen molar-refractivity contribution >= 4 is 30.5 Å². The summed E-state index contributed by atoms with van der Waals surface area (Å²) in [6.07, 6.45) is 9.81. The normalized spacial score (nSPS) is 12.5. The predicted octanol–water partition coefficient (Wildman–Crippen LogP) is 3.70. The monoisotopic (exact) mass is 350 g/mol. The third kappa shape index (κ3) is 4.26. The number of H-pyrrole nitrogens is 1. The van der Waals surface area contributed by atoms with Crippen molar-refractivity contribution in [3.63, 3.8) is 0 Å². The number of aromatic nitrogens is 2. The van der Waals surface area contributed by atoms with E-state index in [1.165, 1.54) is 5.56 Å². The van der Waals surface area contributed by atoms with Crippen LogP contribution in [0, 0.1) is 6.92 Å². The van der Waals surface area contributed by atoms with E-state index >= 15 is 0 Å². The van der Waals surface area contributed by atoms with Crippen molar-refractivity contribution in [1.82, 2.24) is 15.3 Å². The van der Waals surface area contributed by atoms with Crippen LogP contribution in [0.5, 0.6) is 0 Å². The van der Waals surface area contributed by atoms with Crippen LogP contribution >= 0.6 is 24.8 Å². The summed E-state index contributed by atoms with van der Waals surface area (Å²) in [7, 11) is 0. The van der Waals surface area contributed by atoms with Crippen LogP contribution in [0.25, 0.3) is 17.0 Å². The molecule has 2 aromatic rings. The van der Waals surface area contributed by atoms with Gasteiger partial charge in [0.2, 0.25) is 0 Å². The number of aromatic amines is 1. The van der Waals surface area contributed by atoms with Crippen LogP contribution in [-0.2, 0) is 6.54 Å². The number of imidazole rings is 1. The lowest BCUT2D eigenvalue weighted by Crippen LogP contribution is -2.05. The van der Waals surface area contributed by atoms with Crippen LogP contribution in [0.4, 0.5) is 0 Å². The molecule has 1 aliphatic rings. The van der Waals surface area contributed by atoms with Crippen molar-refractivity contribution in [2.75, 3.05) is 0 Å². The second-order valence-corrected chi connectivity index (χ2v) is 4.95. The van der Waals surface area contributed by atoms with Crippen LogP contribution in [0.3, 0.4) is 0 Å². The number of nitrogens with one attached hydrogen (secondary N) is 2. The Morgan fingerprint density at radius 1 is 1.04 bits per heavy atom. The number of nitrogens with two attached hydrogens (primary N) is 1. The summed E-state index contributed by atoms with van der Waals surface area (Å²) in [5, 5.41) is 3.25. The molecule has 23 heavy (non-hydrogen) atoms. The second-order valence-electron chi connectivity index (χ2n) is 4.95. The Morgan fingerprint density at radius 2 is 1.78 bits per heavy atom. The highest BCUT2D eigenvalue weighted by molar-refractivity contribution is 5.85. The quantitative estimate of drug-likeness (QED) is 0.790. The predicted molar refractivity (Wildman–Crippen MR) is 101 cm³/mol. The molecule has 0 amide bonds. The topological polar surface area (TPSA) is 66.7 Å². The molecule has 0 atom stereocenters. The summed E-state index contributed by atoms with van der Waals surface area (Å²) in [5.41, 5.74) is 10.9. The summed E-state index contributed by atoms with van der Waals surface area (Å²) < 4.78 is 0. The highest BCUT2D eigenvalue weighted by atomic mass is 35.5. The Balaban J connectivity index is 0.00000132. The highest BCUT2D eigenvalue weighted by Crippen LogP contribution is 2.26. The number of allylic oxidation sites excluding steroid dienone is 4. The van der Waals surface area contributed by atoms with Gasteiger partial charge in [-0.25, -0.2) is 4.98 Å². The molecule has 3 rings (SSSR count). The molecule has 4 nitrogen and oxygen atoms in total. The second kappa shape index (κ2) is 8.58. The number of rotatable bonds is 3. The molecule has 0 saturated carbocycles. The smallest absolute Gasteiger partial charge is 0.121 e. The molecule has 0 spiro atoms. The van der Waals surface area contributed by atoms with E-state index in [1.807, 2.05) is 30.5 Å². The standard InChI is InChI=1S/C17H18N4.2ClH/c1-12-6-8-13(9-7-12)16-17(21-15(11-18)20-16)14-5-3-2-4-10-19-14;;/h2-10,19H,11,18H2,1H3,(H,20,21);2*1H. The van der Waals surface area contributed by atoms with E-state index in [9.17, 15) is 0 Å². The number of benzene rings is 1. The maximum Gasteiger partial charge on any atom is 0.121 e. The van der Waals surface area contributed by atoms with E-state index < -0.39 is 0 Å². The molecule has 0 radical (unpaired) electrons. The maximum atomic E-state index is 5.73. The van der Waals surface area contributed by atoms with Gasteiger partial charge < -0.3 is 16.0 Å². The highest BCUT2D eigenvalue weighted by Gasteiger charge is 2.15. The molecule has 0 bridgehead atoms. The summed E-state index contributed by atoms with van der Waals surface area (Å²) in [4.78, 5) is 7.93. The van der Waals surface area contributed by atoms with Crippen LogP contribution in [0.15, 0.2) is 54.8 Å². The summed E-state index contributed by atoms with van der Waals surface area (Å²) in [6, 6.07) is 8.37. The largest absolute Gasteiger partial charge is 0.360 e. The van der Waals surface area contributed by atoms with Gasteiger partial charge in [0.15, 0.2) is 0 Å². The number of hydrogen-bond donors (Lipinski definition) is 3. The van der Waals surface area contributed by atoms with Crippen LogP contribution < -0.4 is 11.1 Å². The molecule has 2 heterocycles. The van der Waals surface area contributed by atoms with Crippen LogP contribution in [0.2, 0.25) is 0 Å². The Kier molecular flexibility index (Phi) is 7.10.